The number of azo groups is 1. The number of hydrogen-bond acceptors (Lipinski definition) is 9. The fourth-order valence-electron chi connectivity index (χ4n) is 2.98. The molecule has 2 aromatic carbocycles. The molecule has 2 amide bonds. The Morgan fingerprint density at radius 3 is 1.74 bits per heavy atom. The zero-order valence-corrected chi connectivity index (χ0v) is 19.4. The van der Waals surface area contributed by atoms with E-state index in [1.54, 1.807) is 0 Å². The highest BCUT2D eigenvalue weighted by Gasteiger charge is 2.25. The number of hydrogen-bond donors (Lipinski definition) is 7. The second kappa shape index (κ2) is 13.1. The quantitative estimate of drug-likeness (QED) is 0.180. The van der Waals surface area contributed by atoms with Crippen molar-refractivity contribution in [2.45, 2.75) is 31.3 Å². The van der Waals surface area contributed by atoms with Crippen LogP contribution in [0.4, 0.5) is 11.4 Å². The highest BCUT2D eigenvalue weighted by atomic mass is 16.4. The predicted octanol–water partition coefficient (Wildman–Crippen LogP) is 1.05. The van der Waals surface area contributed by atoms with Crippen molar-refractivity contribution >= 4 is 47.1 Å². The van der Waals surface area contributed by atoms with E-state index in [9.17, 15) is 33.9 Å². The van der Waals surface area contributed by atoms with Crippen LogP contribution < -0.4 is 10.6 Å². The van der Waals surface area contributed by atoms with Gasteiger partial charge in [0, 0.05) is 0 Å². The molecule has 0 aromatic heterocycles. The average molecular weight is 530 g/mol. The predicted molar refractivity (Wildman–Crippen MR) is 125 cm³/mol. The van der Waals surface area contributed by atoms with E-state index >= 15 is 0 Å². The summed E-state index contributed by atoms with van der Waals surface area (Å²) in [6.07, 6.45) is -1.87. The lowest BCUT2D eigenvalue weighted by molar-refractivity contribution is -0.147. The van der Waals surface area contributed by atoms with E-state index in [-0.39, 0.29) is 17.7 Å². The second-order valence-electron chi connectivity index (χ2n) is 7.76. The maximum absolute atomic E-state index is 12.4. The van der Waals surface area contributed by atoms with Crippen molar-refractivity contribution in [2.75, 3.05) is 0 Å². The fourth-order valence-corrected chi connectivity index (χ4v) is 2.98. The van der Waals surface area contributed by atoms with Crippen molar-refractivity contribution in [1.82, 2.24) is 10.6 Å². The molecule has 2 aromatic rings. The van der Waals surface area contributed by atoms with Crippen LogP contribution in [0.3, 0.4) is 0 Å². The van der Waals surface area contributed by atoms with Gasteiger partial charge in [0.1, 0.15) is 17.8 Å². The molecule has 38 heavy (non-hydrogen) atoms. The maximum atomic E-state index is 12.4. The van der Waals surface area contributed by atoms with Gasteiger partial charge < -0.3 is 36.2 Å². The first-order chi connectivity index (χ1) is 17.8. The van der Waals surface area contributed by atoms with Crippen LogP contribution in [0.15, 0.2) is 52.7 Å². The minimum Gasteiger partial charge on any atom is -0.507 e. The number of benzene rings is 2. The standard InChI is InChI=1S/C23H22N4O11/c28-17-6-5-13(8-14(17)21(34)25-16(23(37)38)10-20(32)33)27-26-12-3-1-11(2-4-12)7-18(29)24-15(22(35)36)9-19(30)31/h1-6,8,15-16,28H,7,9-10H2,(H,24,29)(H,25,34)(H,30,31)(H,32,33)(H,35,36)(H,37,38). The van der Waals surface area contributed by atoms with Crippen LogP contribution in [0.25, 0.3) is 0 Å². The Labute approximate surface area is 213 Å². The van der Waals surface area contributed by atoms with E-state index in [2.05, 4.69) is 15.5 Å². The number of amides is 2. The first-order valence-corrected chi connectivity index (χ1v) is 10.7. The number of carboxylic acid groups (broad SMARTS) is 4. The third-order valence-corrected chi connectivity index (χ3v) is 4.80. The number of carbonyl (C=O) groups excluding carboxylic acids is 2. The van der Waals surface area contributed by atoms with Crippen molar-refractivity contribution in [2.24, 2.45) is 10.2 Å². The summed E-state index contributed by atoms with van der Waals surface area (Å²) >= 11 is 0. The minimum atomic E-state index is -1.72. The Hall–Kier alpha value is -5.34. The number of aromatic hydroxyl groups is 1. The first-order valence-electron chi connectivity index (χ1n) is 10.7. The highest BCUT2D eigenvalue weighted by molar-refractivity contribution is 6.00. The molecule has 2 unspecified atom stereocenters. The summed E-state index contributed by atoms with van der Waals surface area (Å²) in [5.74, 6) is -8.11. The lowest BCUT2D eigenvalue weighted by atomic mass is 10.1. The summed E-state index contributed by atoms with van der Waals surface area (Å²) in [6.45, 7) is 0. The van der Waals surface area contributed by atoms with E-state index in [4.69, 9.17) is 20.4 Å². The minimum absolute atomic E-state index is 0.0969. The Balaban J connectivity index is 2.07. The molecule has 0 aliphatic heterocycles. The molecule has 0 saturated heterocycles. The van der Waals surface area contributed by atoms with Crippen molar-refractivity contribution in [3.63, 3.8) is 0 Å². The molecule has 2 atom stereocenters. The van der Waals surface area contributed by atoms with Gasteiger partial charge >= 0.3 is 23.9 Å². The number of phenolic OH excluding ortho intramolecular Hbond substituents is 1. The van der Waals surface area contributed by atoms with Crippen LogP contribution in [0.1, 0.15) is 28.8 Å². The average Bonchev–Trinajstić information content (AvgIpc) is 2.82. The number of nitrogens with one attached hydrogen (secondary N) is 2. The third kappa shape index (κ3) is 9.03. The number of phenols is 1. The highest BCUT2D eigenvalue weighted by Crippen LogP contribution is 2.25. The van der Waals surface area contributed by atoms with E-state index < -0.39 is 66.4 Å². The van der Waals surface area contributed by atoms with Crippen molar-refractivity contribution in [1.29, 1.82) is 0 Å². The van der Waals surface area contributed by atoms with Crippen LogP contribution in [0, 0.1) is 0 Å². The normalized spacial score (nSPS) is 12.3. The summed E-state index contributed by atoms with van der Waals surface area (Å²) in [6, 6.07) is 6.22. The molecule has 2 rings (SSSR count). The zero-order chi connectivity index (χ0) is 28.4. The van der Waals surface area contributed by atoms with Crippen molar-refractivity contribution in [3.05, 3.63) is 53.6 Å². The molecular formula is C23H22N4O11. The van der Waals surface area contributed by atoms with Gasteiger partial charge in [-0.1, -0.05) is 12.1 Å². The van der Waals surface area contributed by atoms with Gasteiger partial charge in [-0.25, -0.2) is 9.59 Å². The number of aliphatic carboxylic acids is 4. The van der Waals surface area contributed by atoms with E-state index in [0.29, 0.717) is 11.3 Å². The van der Waals surface area contributed by atoms with E-state index in [1.807, 2.05) is 5.32 Å². The Kier molecular flexibility index (Phi) is 9.96. The van der Waals surface area contributed by atoms with Gasteiger partial charge in [0.25, 0.3) is 5.91 Å². The van der Waals surface area contributed by atoms with Crippen LogP contribution in [0.2, 0.25) is 0 Å². The zero-order valence-electron chi connectivity index (χ0n) is 19.4. The largest absolute Gasteiger partial charge is 0.507 e. The van der Waals surface area contributed by atoms with Gasteiger partial charge in [0.2, 0.25) is 5.91 Å². The molecule has 15 nitrogen and oxygen atoms in total. The summed E-state index contributed by atoms with van der Waals surface area (Å²) in [5, 5.41) is 57.6. The molecule has 0 spiro atoms. The molecule has 200 valence electrons. The first kappa shape index (κ1) is 28.9. The van der Waals surface area contributed by atoms with Gasteiger partial charge in [0.05, 0.1) is 36.2 Å². The molecule has 0 heterocycles. The molecular weight excluding hydrogens is 508 g/mol. The van der Waals surface area contributed by atoms with Gasteiger partial charge in [-0.3, -0.25) is 19.2 Å². The summed E-state index contributed by atoms with van der Waals surface area (Å²) in [7, 11) is 0. The number of carboxylic acids is 4. The van der Waals surface area contributed by atoms with E-state index in [0.717, 1.165) is 12.1 Å². The molecule has 15 heteroatoms. The molecule has 0 aliphatic carbocycles. The molecule has 7 N–H and O–H groups in total. The topological polar surface area (TPSA) is 252 Å². The van der Waals surface area contributed by atoms with Crippen LogP contribution in [-0.4, -0.2) is 73.3 Å². The van der Waals surface area contributed by atoms with Crippen LogP contribution >= 0.6 is 0 Å². The van der Waals surface area contributed by atoms with Gasteiger partial charge in [-0.2, -0.15) is 10.2 Å². The van der Waals surface area contributed by atoms with Crippen LogP contribution in [0.5, 0.6) is 5.75 Å². The fraction of sp³-hybridized carbons (Fsp3) is 0.217. The summed E-state index contributed by atoms with van der Waals surface area (Å²) < 4.78 is 0. The Morgan fingerprint density at radius 2 is 1.21 bits per heavy atom. The van der Waals surface area contributed by atoms with Crippen LogP contribution in [-0.2, 0) is 30.4 Å². The molecule has 0 aliphatic rings. The summed E-state index contributed by atoms with van der Waals surface area (Å²) in [5.41, 5.74) is 0.524. The lowest BCUT2D eigenvalue weighted by Crippen LogP contribution is -2.42. The number of carbonyl (C=O) groups is 6. The number of nitrogens with zero attached hydrogens (tertiary/aromatic N) is 2. The van der Waals surface area contributed by atoms with Gasteiger partial charge in [-0.05, 0) is 35.9 Å². The summed E-state index contributed by atoms with van der Waals surface area (Å²) in [4.78, 5) is 68.2. The Bertz CT molecular complexity index is 1270. The van der Waals surface area contributed by atoms with E-state index in [1.165, 1.54) is 30.3 Å². The third-order valence-electron chi connectivity index (χ3n) is 4.80. The monoisotopic (exact) mass is 530 g/mol. The SMILES string of the molecule is O=C(O)CC(NC(=O)Cc1ccc(N=Nc2ccc(O)c(C(=O)NC(CC(=O)O)C(=O)O)c2)cc1)C(=O)O. The van der Waals surface area contributed by atoms with Gasteiger partial charge in [-0.15, -0.1) is 0 Å². The smallest absolute Gasteiger partial charge is 0.326 e. The second-order valence-corrected chi connectivity index (χ2v) is 7.76. The molecule has 0 saturated carbocycles. The molecule has 0 bridgehead atoms. The maximum Gasteiger partial charge on any atom is 0.326 e. The lowest BCUT2D eigenvalue weighted by Gasteiger charge is -2.13. The Morgan fingerprint density at radius 1 is 0.711 bits per heavy atom. The number of rotatable bonds is 13. The van der Waals surface area contributed by atoms with Crippen molar-refractivity contribution in [3.8, 4) is 5.75 Å². The van der Waals surface area contributed by atoms with Gasteiger partial charge in [0.15, 0.2) is 0 Å². The van der Waals surface area contributed by atoms with Crippen molar-refractivity contribution < 1.29 is 54.3 Å². The molecule has 0 radical (unpaired) electrons. The molecule has 0 fully saturated rings.